The van der Waals surface area contributed by atoms with Crippen molar-refractivity contribution in [2.24, 2.45) is 0 Å². The normalized spacial score (nSPS) is 13.7. The molecular weight excluding hydrogens is 336 g/mol. The molecule has 4 rings (SSSR count). The van der Waals surface area contributed by atoms with Gasteiger partial charge in [-0.3, -0.25) is 0 Å². The summed E-state index contributed by atoms with van der Waals surface area (Å²) in [6.45, 7) is 0.785. The lowest BCUT2D eigenvalue weighted by atomic mass is 10.0. The van der Waals surface area contributed by atoms with Crippen LogP contribution < -0.4 is 10.1 Å². The molecule has 6 heteroatoms. The van der Waals surface area contributed by atoms with Crippen LogP contribution in [0.15, 0.2) is 42.5 Å². The molecule has 0 amide bonds. The number of fused-ring (bicyclic) bond motifs is 1. The number of anilines is 1. The van der Waals surface area contributed by atoms with Crippen LogP contribution in [0.25, 0.3) is 16.9 Å². The van der Waals surface area contributed by atoms with E-state index in [9.17, 15) is 8.78 Å². The van der Waals surface area contributed by atoms with Gasteiger partial charge in [-0.25, -0.2) is 13.5 Å². The lowest BCUT2D eigenvalue weighted by Crippen LogP contribution is -2.08. The second-order valence-electron chi connectivity index (χ2n) is 6.27. The Bertz CT molecular complexity index is 952. The van der Waals surface area contributed by atoms with Crippen molar-refractivity contribution in [1.82, 2.24) is 9.78 Å². The van der Waals surface area contributed by atoms with E-state index in [2.05, 4.69) is 10.4 Å². The van der Waals surface area contributed by atoms with Crippen molar-refractivity contribution in [1.29, 1.82) is 0 Å². The van der Waals surface area contributed by atoms with Gasteiger partial charge in [0.05, 0.1) is 7.11 Å². The zero-order valence-electron chi connectivity index (χ0n) is 14.4. The highest BCUT2D eigenvalue weighted by atomic mass is 19.1. The van der Waals surface area contributed by atoms with Gasteiger partial charge in [-0.15, -0.1) is 0 Å². The van der Waals surface area contributed by atoms with Crippen molar-refractivity contribution < 1.29 is 13.5 Å². The van der Waals surface area contributed by atoms with E-state index in [1.165, 1.54) is 16.8 Å². The van der Waals surface area contributed by atoms with Gasteiger partial charge in [0.25, 0.3) is 0 Å². The van der Waals surface area contributed by atoms with Crippen LogP contribution in [0.3, 0.4) is 0 Å². The fraction of sp³-hybridized carbons (Fsp3) is 0.250. The smallest absolute Gasteiger partial charge is 0.151 e. The highest BCUT2D eigenvalue weighted by Crippen LogP contribution is 2.38. The topological polar surface area (TPSA) is 39.1 Å². The maximum Gasteiger partial charge on any atom is 0.151 e. The first-order valence-electron chi connectivity index (χ1n) is 8.63. The third-order valence-electron chi connectivity index (χ3n) is 4.63. The fourth-order valence-electron chi connectivity index (χ4n) is 3.39. The molecule has 4 nitrogen and oxygen atoms in total. The average molecular weight is 355 g/mol. The zero-order valence-corrected chi connectivity index (χ0v) is 14.4. The summed E-state index contributed by atoms with van der Waals surface area (Å²) in [6, 6.07) is 11.2. The van der Waals surface area contributed by atoms with E-state index in [4.69, 9.17) is 4.74 Å². The van der Waals surface area contributed by atoms with Crippen LogP contribution in [0.1, 0.15) is 18.4 Å². The summed E-state index contributed by atoms with van der Waals surface area (Å²) in [5.74, 6) is 0.216. The van der Waals surface area contributed by atoms with Gasteiger partial charge < -0.3 is 10.1 Å². The van der Waals surface area contributed by atoms with Crippen LogP contribution in [-0.2, 0) is 6.42 Å². The summed E-state index contributed by atoms with van der Waals surface area (Å²) in [5, 5.41) is 8.05. The number of benzene rings is 2. The SMILES string of the molecule is COc1ccccc1-c1nn(-c2ccc(F)cc2F)c2c1CCCCN2. The van der Waals surface area contributed by atoms with Crippen LogP contribution in [0, 0.1) is 11.6 Å². The molecule has 1 aromatic heterocycles. The van der Waals surface area contributed by atoms with Crippen LogP contribution >= 0.6 is 0 Å². The number of methoxy groups -OCH3 is 1. The quantitative estimate of drug-likeness (QED) is 0.748. The predicted octanol–water partition coefficient (Wildman–Crippen LogP) is 4.57. The van der Waals surface area contributed by atoms with Crippen molar-refractivity contribution >= 4 is 5.82 Å². The van der Waals surface area contributed by atoms with Gasteiger partial charge in [0.1, 0.15) is 28.8 Å². The van der Waals surface area contributed by atoms with Crippen molar-refractivity contribution in [2.45, 2.75) is 19.3 Å². The van der Waals surface area contributed by atoms with E-state index in [-0.39, 0.29) is 5.69 Å². The minimum atomic E-state index is -0.645. The average Bonchev–Trinajstić information content (AvgIpc) is 2.83. The van der Waals surface area contributed by atoms with Gasteiger partial charge in [-0.05, 0) is 43.5 Å². The largest absolute Gasteiger partial charge is 0.496 e. The molecule has 3 aromatic rings. The highest BCUT2D eigenvalue weighted by molar-refractivity contribution is 5.75. The molecule has 1 aliphatic rings. The monoisotopic (exact) mass is 355 g/mol. The summed E-state index contributed by atoms with van der Waals surface area (Å²) in [4.78, 5) is 0. The van der Waals surface area contributed by atoms with E-state index in [1.54, 1.807) is 7.11 Å². The molecule has 1 aliphatic heterocycles. The highest BCUT2D eigenvalue weighted by Gasteiger charge is 2.24. The molecule has 0 spiro atoms. The summed E-state index contributed by atoms with van der Waals surface area (Å²) >= 11 is 0. The summed E-state index contributed by atoms with van der Waals surface area (Å²) in [7, 11) is 1.62. The Hall–Kier alpha value is -2.89. The first-order chi connectivity index (χ1) is 12.7. The number of ether oxygens (including phenoxy) is 1. The summed E-state index contributed by atoms with van der Waals surface area (Å²) in [5.41, 5.74) is 2.86. The molecule has 134 valence electrons. The molecule has 0 saturated heterocycles. The number of nitrogens with one attached hydrogen (secondary N) is 1. The van der Waals surface area contributed by atoms with Gasteiger partial charge >= 0.3 is 0 Å². The number of rotatable bonds is 3. The second kappa shape index (κ2) is 6.78. The number of nitrogens with zero attached hydrogens (tertiary/aromatic N) is 2. The maximum atomic E-state index is 14.4. The van der Waals surface area contributed by atoms with Crippen LogP contribution in [0.4, 0.5) is 14.6 Å². The molecule has 1 N–H and O–H groups in total. The standard InChI is InChI=1S/C20H19F2N3O/c1-26-18-8-3-2-6-14(18)19-15-7-4-5-11-23-20(15)25(24-19)17-10-9-13(21)12-16(17)22/h2-3,6,8-10,12,23H,4-5,7,11H2,1H3. The number of hydrogen-bond donors (Lipinski definition) is 1. The molecule has 0 unspecified atom stereocenters. The van der Waals surface area contributed by atoms with Gasteiger partial charge in [0.2, 0.25) is 0 Å². The van der Waals surface area contributed by atoms with Crippen LogP contribution in [0.5, 0.6) is 5.75 Å². The second-order valence-corrected chi connectivity index (χ2v) is 6.27. The Morgan fingerprint density at radius 2 is 1.96 bits per heavy atom. The number of hydrogen-bond acceptors (Lipinski definition) is 3. The first-order valence-corrected chi connectivity index (χ1v) is 8.63. The Kier molecular flexibility index (Phi) is 4.32. The lowest BCUT2D eigenvalue weighted by molar-refractivity contribution is 0.416. The zero-order chi connectivity index (χ0) is 18.1. The van der Waals surface area contributed by atoms with Gasteiger partial charge in [0.15, 0.2) is 5.82 Å². The van der Waals surface area contributed by atoms with E-state index < -0.39 is 11.6 Å². The molecule has 26 heavy (non-hydrogen) atoms. The number of aromatic nitrogens is 2. The molecule has 0 radical (unpaired) electrons. The lowest BCUT2D eigenvalue weighted by Gasteiger charge is -2.10. The van der Waals surface area contributed by atoms with Gasteiger partial charge in [-0.1, -0.05) is 12.1 Å². The summed E-state index contributed by atoms with van der Waals surface area (Å²) < 4.78 is 34.8. The Balaban J connectivity index is 1.95. The first kappa shape index (κ1) is 16.6. The summed E-state index contributed by atoms with van der Waals surface area (Å²) in [6.07, 6.45) is 2.87. The van der Waals surface area contributed by atoms with E-state index >= 15 is 0 Å². The minimum absolute atomic E-state index is 0.221. The molecule has 0 aliphatic carbocycles. The molecule has 2 heterocycles. The predicted molar refractivity (Wildman–Crippen MR) is 96.9 cm³/mol. The maximum absolute atomic E-state index is 14.4. The van der Waals surface area contributed by atoms with Crippen molar-refractivity contribution in [3.05, 3.63) is 59.7 Å². The van der Waals surface area contributed by atoms with E-state index in [0.717, 1.165) is 54.5 Å². The molecule has 0 fully saturated rings. The third-order valence-corrected chi connectivity index (χ3v) is 4.63. The number of para-hydroxylation sites is 1. The third kappa shape index (κ3) is 2.81. The van der Waals surface area contributed by atoms with Crippen LogP contribution in [-0.4, -0.2) is 23.4 Å². The van der Waals surface area contributed by atoms with Gasteiger partial charge in [0, 0.05) is 23.7 Å². The minimum Gasteiger partial charge on any atom is -0.496 e. The van der Waals surface area contributed by atoms with Crippen molar-refractivity contribution in [3.63, 3.8) is 0 Å². The van der Waals surface area contributed by atoms with Crippen molar-refractivity contribution in [3.8, 4) is 22.7 Å². The Morgan fingerprint density at radius 3 is 2.77 bits per heavy atom. The van der Waals surface area contributed by atoms with Crippen LogP contribution in [0.2, 0.25) is 0 Å². The molecule has 0 atom stereocenters. The molecule has 0 saturated carbocycles. The molecule has 0 bridgehead atoms. The fourth-order valence-corrected chi connectivity index (χ4v) is 3.39. The number of halogens is 2. The molecule has 2 aromatic carbocycles. The van der Waals surface area contributed by atoms with E-state index in [1.807, 2.05) is 24.3 Å². The van der Waals surface area contributed by atoms with Gasteiger partial charge in [-0.2, -0.15) is 5.10 Å². The Morgan fingerprint density at radius 1 is 1.12 bits per heavy atom. The molecular formula is C20H19F2N3O. The van der Waals surface area contributed by atoms with Crippen molar-refractivity contribution in [2.75, 3.05) is 19.0 Å². The van der Waals surface area contributed by atoms with E-state index in [0.29, 0.717) is 5.75 Å². The Labute approximate surface area is 150 Å².